The van der Waals surface area contributed by atoms with Gasteiger partial charge in [-0.3, -0.25) is 9.67 Å². The van der Waals surface area contributed by atoms with Crippen molar-refractivity contribution in [3.8, 4) is 17.1 Å². The Morgan fingerprint density at radius 2 is 1.70 bits per heavy atom. The summed E-state index contributed by atoms with van der Waals surface area (Å²) in [6.45, 7) is 6.59. The number of aromatic amines is 1. The standard InChI is InChI=1S/C18H18ClN3S/c1-18(2,3)13-10-8-12(9-11-13)16-20-21-17(23)22(16)15-7-5-4-6-14(15)19/h4-11H,1-3H3,(H,21,23). The molecule has 0 atom stereocenters. The van der Waals surface area contributed by atoms with Gasteiger partial charge in [0.2, 0.25) is 0 Å². The molecule has 1 N–H and O–H groups in total. The SMILES string of the molecule is CC(C)(C)c1ccc(-c2n[nH]c(=S)n2-c2ccccc2Cl)cc1. The van der Waals surface area contributed by atoms with E-state index >= 15 is 0 Å². The molecule has 0 spiro atoms. The molecule has 1 heterocycles. The number of aromatic nitrogens is 3. The van der Waals surface area contributed by atoms with Gasteiger partial charge in [0, 0.05) is 5.56 Å². The second-order valence-corrected chi connectivity index (χ2v) is 7.26. The number of rotatable bonds is 2. The molecular formula is C18H18ClN3S. The summed E-state index contributed by atoms with van der Waals surface area (Å²) in [6, 6.07) is 16.0. The van der Waals surface area contributed by atoms with Crippen molar-refractivity contribution in [1.82, 2.24) is 14.8 Å². The molecule has 0 radical (unpaired) electrons. The second-order valence-electron chi connectivity index (χ2n) is 6.47. The van der Waals surface area contributed by atoms with Crippen molar-refractivity contribution in [1.29, 1.82) is 0 Å². The topological polar surface area (TPSA) is 33.6 Å². The van der Waals surface area contributed by atoms with Crippen molar-refractivity contribution >= 4 is 23.8 Å². The minimum absolute atomic E-state index is 0.117. The van der Waals surface area contributed by atoms with Gasteiger partial charge in [-0.1, -0.05) is 68.8 Å². The maximum absolute atomic E-state index is 6.32. The number of nitrogens with one attached hydrogen (secondary N) is 1. The zero-order chi connectivity index (χ0) is 16.6. The van der Waals surface area contributed by atoms with Crippen molar-refractivity contribution < 1.29 is 0 Å². The number of benzene rings is 2. The van der Waals surface area contributed by atoms with E-state index in [4.69, 9.17) is 23.8 Å². The summed E-state index contributed by atoms with van der Waals surface area (Å²) >= 11 is 11.7. The average Bonchev–Trinajstić information content (AvgIpc) is 2.89. The lowest BCUT2D eigenvalue weighted by molar-refractivity contribution is 0.590. The molecule has 0 aliphatic rings. The molecule has 118 valence electrons. The highest BCUT2D eigenvalue weighted by Gasteiger charge is 2.16. The van der Waals surface area contributed by atoms with E-state index < -0.39 is 0 Å². The summed E-state index contributed by atoms with van der Waals surface area (Å²) in [4.78, 5) is 0. The van der Waals surface area contributed by atoms with Crippen LogP contribution in [0.4, 0.5) is 0 Å². The van der Waals surface area contributed by atoms with Gasteiger partial charge in [0.05, 0.1) is 10.7 Å². The Hall–Kier alpha value is -1.91. The smallest absolute Gasteiger partial charge is 0.200 e. The lowest BCUT2D eigenvalue weighted by Crippen LogP contribution is -2.10. The summed E-state index contributed by atoms with van der Waals surface area (Å²) in [5, 5.41) is 7.88. The van der Waals surface area contributed by atoms with Crippen molar-refractivity contribution in [2.75, 3.05) is 0 Å². The predicted octanol–water partition coefficient (Wildman–Crippen LogP) is 5.55. The van der Waals surface area contributed by atoms with E-state index in [1.54, 1.807) is 0 Å². The molecule has 0 fully saturated rings. The fourth-order valence-electron chi connectivity index (χ4n) is 2.47. The summed E-state index contributed by atoms with van der Waals surface area (Å²) in [6.07, 6.45) is 0. The molecule has 0 unspecified atom stereocenters. The van der Waals surface area contributed by atoms with Gasteiger partial charge in [-0.2, -0.15) is 5.10 Å². The number of hydrogen-bond acceptors (Lipinski definition) is 2. The molecule has 0 bridgehead atoms. The van der Waals surface area contributed by atoms with Gasteiger partial charge in [0.1, 0.15) is 0 Å². The van der Waals surface area contributed by atoms with Crippen molar-refractivity contribution in [3.05, 3.63) is 63.9 Å². The normalized spacial score (nSPS) is 11.7. The van der Waals surface area contributed by atoms with Crippen LogP contribution in [-0.2, 0) is 5.41 Å². The van der Waals surface area contributed by atoms with Crippen LogP contribution in [0.15, 0.2) is 48.5 Å². The third-order valence-electron chi connectivity index (χ3n) is 3.77. The monoisotopic (exact) mass is 343 g/mol. The number of halogens is 1. The molecule has 3 rings (SSSR count). The molecule has 0 amide bonds. The Morgan fingerprint density at radius 1 is 1.04 bits per heavy atom. The molecule has 23 heavy (non-hydrogen) atoms. The zero-order valence-electron chi connectivity index (χ0n) is 13.3. The van der Waals surface area contributed by atoms with Crippen LogP contribution in [0, 0.1) is 4.77 Å². The van der Waals surface area contributed by atoms with E-state index in [9.17, 15) is 0 Å². The van der Waals surface area contributed by atoms with Crippen LogP contribution in [0.3, 0.4) is 0 Å². The first-order valence-corrected chi connectivity index (χ1v) is 8.20. The Labute approximate surface area is 145 Å². The van der Waals surface area contributed by atoms with Gasteiger partial charge in [0.25, 0.3) is 0 Å². The minimum atomic E-state index is 0.117. The molecular weight excluding hydrogens is 326 g/mol. The Kier molecular flexibility index (Phi) is 4.13. The van der Waals surface area contributed by atoms with Crippen molar-refractivity contribution in [2.45, 2.75) is 26.2 Å². The fraction of sp³-hybridized carbons (Fsp3) is 0.222. The van der Waals surface area contributed by atoms with Crippen LogP contribution in [0.25, 0.3) is 17.1 Å². The number of para-hydroxylation sites is 1. The second kappa shape index (κ2) is 5.95. The summed E-state index contributed by atoms with van der Waals surface area (Å²) in [7, 11) is 0. The largest absolute Gasteiger partial charge is 0.267 e. The predicted molar refractivity (Wildman–Crippen MR) is 97.9 cm³/mol. The summed E-state index contributed by atoms with van der Waals surface area (Å²) < 4.78 is 2.39. The lowest BCUT2D eigenvalue weighted by atomic mass is 9.87. The Balaban J connectivity index is 2.13. The number of hydrogen-bond donors (Lipinski definition) is 1. The first-order chi connectivity index (χ1) is 10.9. The highest BCUT2D eigenvalue weighted by molar-refractivity contribution is 7.71. The van der Waals surface area contributed by atoms with Crippen LogP contribution >= 0.6 is 23.8 Å². The van der Waals surface area contributed by atoms with E-state index in [2.05, 4.69) is 55.2 Å². The summed E-state index contributed by atoms with van der Waals surface area (Å²) in [5.41, 5.74) is 3.21. The van der Waals surface area contributed by atoms with Gasteiger partial charge in [-0.15, -0.1) is 0 Å². The molecule has 3 aromatic rings. The number of nitrogens with zero attached hydrogens (tertiary/aromatic N) is 2. The third-order valence-corrected chi connectivity index (χ3v) is 4.37. The third kappa shape index (κ3) is 3.09. The van der Waals surface area contributed by atoms with E-state index in [0.29, 0.717) is 9.79 Å². The van der Waals surface area contributed by atoms with E-state index in [1.807, 2.05) is 28.8 Å². The quantitative estimate of drug-likeness (QED) is 0.619. The molecule has 0 aliphatic carbocycles. The van der Waals surface area contributed by atoms with E-state index in [0.717, 1.165) is 17.1 Å². The molecule has 5 heteroatoms. The first kappa shape index (κ1) is 16.0. The highest BCUT2D eigenvalue weighted by Crippen LogP contribution is 2.28. The van der Waals surface area contributed by atoms with Gasteiger partial charge in [0.15, 0.2) is 10.6 Å². The zero-order valence-corrected chi connectivity index (χ0v) is 14.9. The molecule has 3 nitrogen and oxygen atoms in total. The van der Waals surface area contributed by atoms with E-state index in [-0.39, 0.29) is 5.41 Å². The number of H-pyrrole nitrogens is 1. The maximum Gasteiger partial charge on any atom is 0.200 e. The van der Waals surface area contributed by atoms with Crippen molar-refractivity contribution in [3.63, 3.8) is 0 Å². The van der Waals surface area contributed by atoms with E-state index in [1.165, 1.54) is 5.56 Å². The molecule has 0 saturated carbocycles. The molecule has 2 aromatic carbocycles. The summed E-state index contributed by atoms with van der Waals surface area (Å²) in [5.74, 6) is 0.753. The van der Waals surface area contributed by atoms with Crippen molar-refractivity contribution in [2.24, 2.45) is 0 Å². The van der Waals surface area contributed by atoms with Gasteiger partial charge >= 0.3 is 0 Å². The van der Waals surface area contributed by atoms with Gasteiger partial charge < -0.3 is 0 Å². The lowest BCUT2D eigenvalue weighted by Gasteiger charge is -2.19. The van der Waals surface area contributed by atoms with Crippen LogP contribution in [-0.4, -0.2) is 14.8 Å². The van der Waals surface area contributed by atoms with Crippen LogP contribution in [0.2, 0.25) is 5.02 Å². The molecule has 1 aromatic heterocycles. The minimum Gasteiger partial charge on any atom is -0.267 e. The van der Waals surface area contributed by atoms with Crippen LogP contribution < -0.4 is 0 Å². The molecule has 0 saturated heterocycles. The molecule has 0 aliphatic heterocycles. The average molecular weight is 344 g/mol. The van der Waals surface area contributed by atoms with Gasteiger partial charge in [-0.05, 0) is 35.3 Å². The first-order valence-electron chi connectivity index (χ1n) is 7.41. The van der Waals surface area contributed by atoms with Crippen LogP contribution in [0.5, 0.6) is 0 Å². The fourth-order valence-corrected chi connectivity index (χ4v) is 2.92. The van der Waals surface area contributed by atoms with Gasteiger partial charge in [-0.25, -0.2) is 0 Å². The Morgan fingerprint density at radius 3 is 2.30 bits per heavy atom. The Bertz CT molecular complexity index is 886. The van der Waals surface area contributed by atoms with Crippen LogP contribution in [0.1, 0.15) is 26.3 Å². The maximum atomic E-state index is 6.32. The highest BCUT2D eigenvalue weighted by atomic mass is 35.5.